The second-order valence-electron chi connectivity index (χ2n) is 7.79. The summed E-state index contributed by atoms with van der Waals surface area (Å²) >= 11 is 0. The van der Waals surface area contributed by atoms with Gasteiger partial charge < -0.3 is 14.4 Å². The molecule has 0 saturated heterocycles. The number of halogens is 6. The Labute approximate surface area is 162 Å². The van der Waals surface area contributed by atoms with Crippen LogP contribution in [0.1, 0.15) is 31.9 Å². The molecule has 29 heavy (non-hydrogen) atoms. The van der Waals surface area contributed by atoms with Gasteiger partial charge in [-0.3, -0.25) is 0 Å². The highest BCUT2D eigenvalue weighted by molar-refractivity contribution is 7.73. The third-order valence-electron chi connectivity index (χ3n) is 4.84. The van der Waals surface area contributed by atoms with Crippen molar-refractivity contribution in [3.63, 3.8) is 0 Å². The van der Waals surface area contributed by atoms with Gasteiger partial charge in [0.15, 0.2) is 7.14 Å². The third-order valence-corrected chi connectivity index (χ3v) is 8.66. The number of ether oxygens (including phenoxy) is 1. The Hall–Kier alpha value is -2.15. The molecule has 10 heteroatoms. The second kappa shape index (κ2) is 6.42. The SMILES string of the molecule is CC(C)(C)[P@@]1(=O)COc2c(-c3cc(C(F)(F)F)cc(C(F)(F)F)c3)ccc(O)c21. The van der Waals surface area contributed by atoms with Crippen molar-refractivity contribution in [2.45, 2.75) is 38.3 Å². The fraction of sp³-hybridized carbons (Fsp3) is 0.368. The predicted octanol–water partition coefficient (Wildman–Crippen LogP) is 6.23. The van der Waals surface area contributed by atoms with Gasteiger partial charge in [0, 0.05) is 10.7 Å². The van der Waals surface area contributed by atoms with Gasteiger partial charge in [-0.2, -0.15) is 26.3 Å². The van der Waals surface area contributed by atoms with Gasteiger partial charge in [0.05, 0.1) is 16.4 Å². The molecule has 0 fully saturated rings. The maximum atomic E-state index is 13.5. The van der Waals surface area contributed by atoms with E-state index in [4.69, 9.17) is 4.74 Å². The van der Waals surface area contributed by atoms with Gasteiger partial charge in [0.2, 0.25) is 0 Å². The Morgan fingerprint density at radius 1 is 0.931 bits per heavy atom. The molecule has 1 N–H and O–H groups in total. The molecule has 1 aliphatic rings. The summed E-state index contributed by atoms with van der Waals surface area (Å²) in [6.07, 6.45) is -10.3. The summed E-state index contributed by atoms with van der Waals surface area (Å²) in [6, 6.07) is 3.44. The smallest absolute Gasteiger partial charge is 0.416 e. The van der Waals surface area contributed by atoms with Crippen molar-refractivity contribution in [1.29, 1.82) is 0 Å². The largest absolute Gasteiger partial charge is 0.507 e. The summed E-state index contributed by atoms with van der Waals surface area (Å²) in [6.45, 7) is 4.97. The first kappa shape index (κ1) is 21.6. The molecule has 0 bridgehead atoms. The number of fused-ring (bicyclic) bond motifs is 1. The molecule has 0 aromatic heterocycles. The van der Waals surface area contributed by atoms with E-state index in [1.54, 1.807) is 20.8 Å². The molecule has 0 spiro atoms. The number of aromatic hydroxyl groups is 1. The number of hydrogen-bond acceptors (Lipinski definition) is 3. The van der Waals surface area contributed by atoms with Gasteiger partial charge in [-0.1, -0.05) is 20.8 Å². The zero-order chi connectivity index (χ0) is 22.0. The van der Waals surface area contributed by atoms with Crippen LogP contribution in [0.25, 0.3) is 11.1 Å². The maximum absolute atomic E-state index is 13.5. The maximum Gasteiger partial charge on any atom is 0.416 e. The lowest BCUT2D eigenvalue weighted by Gasteiger charge is -2.26. The van der Waals surface area contributed by atoms with E-state index < -0.39 is 41.3 Å². The molecular weight excluding hydrogens is 421 g/mol. The Balaban J connectivity index is 2.31. The van der Waals surface area contributed by atoms with E-state index in [9.17, 15) is 36.0 Å². The van der Waals surface area contributed by atoms with E-state index in [-0.39, 0.29) is 34.8 Å². The van der Waals surface area contributed by atoms with Crippen LogP contribution in [0.4, 0.5) is 26.3 Å². The fourth-order valence-electron chi connectivity index (χ4n) is 3.14. The summed E-state index contributed by atoms with van der Waals surface area (Å²) in [5, 5.41) is 9.36. The number of phenolic OH excluding ortho intramolecular Hbond substituents is 1. The Kier molecular flexibility index (Phi) is 4.77. The number of phenols is 1. The molecule has 1 aliphatic heterocycles. The lowest BCUT2D eigenvalue weighted by atomic mass is 9.98. The number of hydrogen-bond donors (Lipinski definition) is 1. The highest BCUT2D eigenvalue weighted by Gasteiger charge is 2.48. The molecular formula is C19H17F6O3P. The first-order chi connectivity index (χ1) is 13.1. The fourth-order valence-corrected chi connectivity index (χ4v) is 5.60. The van der Waals surface area contributed by atoms with Gasteiger partial charge in [0.25, 0.3) is 0 Å². The zero-order valence-electron chi connectivity index (χ0n) is 15.6. The number of benzene rings is 2. The summed E-state index contributed by atoms with van der Waals surface area (Å²) < 4.78 is 98.1. The summed E-state index contributed by atoms with van der Waals surface area (Å²) in [7, 11) is -3.33. The van der Waals surface area contributed by atoms with Crippen molar-refractivity contribution >= 4 is 12.4 Å². The van der Waals surface area contributed by atoms with Crippen molar-refractivity contribution in [2.24, 2.45) is 0 Å². The van der Waals surface area contributed by atoms with Gasteiger partial charge in [-0.25, -0.2) is 0 Å². The average molecular weight is 438 g/mol. The highest BCUT2D eigenvalue weighted by Crippen LogP contribution is 2.64. The first-order valence-corrected chi connectivity index (χ1v) is 10.3. The molecule has 0 aliphatic carbocycles. The van der Waals surface area contributed by atoms with Crippen LogP contribution >= 0.6 is 7.14 Å². The molecule has 158 valence electrons. The van der Waals surface area contributed by atoms with Crippen LogP contribution < -0.4 is 10.0 Å². The van der Waals surface area contributed by atoms with Crippen molar-refractivity contribution in [2.75, 3.05) is 6.35 Å². The average Bonchev–Trinajstić information content (AvgIpc) is 2.93. The lowest BCUT2D eigenvalue weighted by Crippen LogP contribution is -2.22. The minimum atomic E-state index is -5.00. The number of alkyl halides is 6. The monoisotopic (exact) mass is 438 g/mol. The van der Waals surface area contributed by atoms with Crippen LogP contribution in [0.5, 0.6) is 11.5 Å². The van der Waals surface area contributed by atoms with Gasteiger partial charge >= 0.3 is 12.4 Å². The van der Waals surface area contributed by atoms with E-state index in [0.717, 1.165) is 12.1 Å². The first-order valence-electron chi connectivity index (χ1n) is 8.44. The molecule has 0 amide bonds. The third kappa shape index (κ3) is 3.61. The molecule has 0 radical (unpaired) electrons. The van der Waals surface area contributed by atoms with Crippen molar-refractivity contribution in [3.8, 4) is 22.6 Å². The Morgan fingerprint density at radius 2 is 1.45 bits per heavy atom. The van der Waals surface area contributed by atoms with Gasteiger partial charge in [0.1, 0.15) is 17.8 Å². The highest BCUT2D eigenvalue weighted by atomic mass is 31.2. The molecule has 2 aromatic rings. The molecule has 1 atom stereocenters. The standard InChI is InChI=1S/C19H17F6O3P/c1-17(2,3)29(27)9-28-15-13(4-5-14(26)16(15)29)10-6-11(18(20,21)22)8-12(7-10)19(23,24)25/h4-8,26H,9H2,1-3H3/t29-/m1/s1. The lowest BCUT2D eigenvalue weighted by molar-refractivity contribution is -0.143. The minimum absolute atomic E-state index is 0.0328. The molecule has 0 unspecified atom stereocenters. The molecule has 1 heterocycles. The Bertz CT molecular complexity index is 986. The zero-order valence-corrected chi connectivity index (χ0v) is 16.5. The van der Waals surface area contributed by atoms with Crippen LogP contribution in [-0.4, -0.2) is 16.6 Å². The van der Waals surface area contributed by atoms with E-state index in [1.165, 1.54) is 0 Å². The van der Waals surface area contributed by atoms with Gasteiger partial charge in [-0.05, 0) is 35.9 Å². The normalized spacial score (nSPS) is 19.8. The predicted molar refractivity (Wildman–Crippen MR) is 96.0 cm³/mol. The van der Waals surface area contributed by atoms with Crippen molar-refractivity contribution in [1.82, 2.24) is 0 Å². The molecule has 2 aromatic carbocycles. The van der Waals surface area contributed by atoms with Crippen molar-refractivity contribution in [3.05, 3.63) is 41.5 Å². The van der Waals surface area contributed by atoms with Crippen LogP contribution in [-0.2, 0) is 16.9 Å². The molecule has 3 nitrogen and oxygen atoms in total. The van der Waals surface area contributed by atoms with Crippen LogP contribution in [0.2, 0.25) is 0 Å². The topological polar surface area (TPSA) is 46.5 Å². The Morgan fingerprint density at radius 3 is 1.90 bits per heavy atom. The molecule has 0 saturated carbocycles. The second-order valence-corrected chi connectivity index (χ2v) is 11.3. The van der Waals surface area contributed by atoms with E-state index >= 15 is 0 Å². The summed E-state index contributed by atoms with van der Waals surface area (Å²) in [4.78, 5) is 0. The van der Waals surface area contributed by atoms with Gasteiger partial charge in [-0.15, -0.1) is 0 Å². The summed E-state index contributed by atoms with van der Waals surface area (Å²) in [5.74, 6) is -0.529. The van der Waals surface area contributed by atoms with E-state index in [0.29, 0.717) is 12.1 Å². The van der Waals surface area contributed by atoms with Crippen LogP contribution in [0, 0.1) is 0 Å². The van der Waals surface area contributed by atoms with Crippen LogP contribution in [0.15, 0.2) is 30.3 Å². The van der Waals surface area contributed by atoms with Crippen molar-refractivity contribution < 1.29 is 40.8 Å². The summed E-state index contributed by atoms with van der Waals surface area (Å²) in [5.41, 5.74) is -3.44. The van der Waals surface area contributed by atoms with E-state index in [2.05, 4.69) is 0 Å². The van der Waals surface area contributed by atoms with Crippen LogP contribution in [0.3, 0.4) is 0 Å². The molecule has 3 rings (SSSR count). The number of rotatable bonds is 1. The van der Waals surface area contributed by atoms with E-state index in [1.807, 2.05) is 0 Å². The minimum Gasteiger partial charge on any atom is -0.507 e. The quantitative estimate of drug-likeness (QED) is 0.424.